The highest BCUT2D eigenvalue weighted by atomic mass is 32.2. The van der Waals surface area contributed by atoms with Crippen molar-refractivity contribution >= 4 is 11.8 Å². The third kappa shape index (κ3) is 3.97. The van der Waals surface area contributed by atoms with Crippen LogP contribution in [0.25, 0.3) is 0 Å². The number of hydrogen-bond donors (Lipinski definition) is 1. The van der Waals surface area contributed by atoms with Gasteiger partial charge in [0.15, 0.2) is 0 Å². The Balaban J connectivity index is 2.45. The zero-order chi connectivity index (χ0) is 11.1. The van der Waals surface area contributed by atoms with Crippen LogP contribution < -0.4 is 5.32 Å². The van der Waals surface area contributed by atoms with E-state index in [2.05, 4.69) is 37.8 Å². The number of ether oxygens (including phenoxy) is 1. The molecule has 2 unspecified atom stereocenters. The first-order chi connectivity index (χ1) is 7.23. The van der Waals surface area contributed by atoms with Gasteiger partial charge in [-0.15, -0.1) is 0 Å². The maximum atomic E-state index is 5.59. The van der Waals surface area contributed by atoms with Crippen LogP contribution in [0.3, 0.4) is 0 Å². The van der Waals surface area contributed by atoms with Crippen molar-refractivity contribution in [2.45, 2.75) is 50.8 Å². The number of hydrogen-bond acceptors (Lipinski definition) is 3. The molecule has 0 saturated carbocycles. The molecule has 1 saturated heterocycles. The summed E-state index contributed by atoms with van der Waals surface area (Å²) in [5.74, 6) is 1.31. The molecule has 15 heavy (non-hydrogen) atoms. The molecule has 1 N–H and O–H groups in total. The first kappa shape index (κ1) is 13.3. The summed E-state index contributed by atoms with van der Waals surface area (Å²) in [6.45, 7) is 9.46. The van der Waals surface area contributed by atoms with Crippen molar-refractivity contribution in [3.63, 3.8) is 0 Å². The van der Waals surface area contributed by atoms with Gasteiger partial charge in [-0.25, -0.2) is 0 Å². The summed E-state index contributed by atoms with van der Waals surface area (Å²) in [5.41, 5.74) is 0. The highest BCUT2D eigenvalue weighted by Crippen LogP contribution is 2.40. The van der Waals surface area contributed by atoms with Gasteiger partial charge in [0.1, 0.15) is 0 Å². The Labute approximate surface area is 98.5 Å². The molecule has 0 amide bonds. The third-order valence-corrected chi connectivity index (χ3v) is 4.76. The minimum Gasteiger partial charge on any atom is -0.380 e. The van der Waals surface area contributed by atoms with Crippen LogP contribution >= 0.6 is 11.8 Å². The first-order valence-corrected chi connectivity index (χ1v) is 7.16. The molecule has 0 radical (unpaired) electrons. The molecule has 0 aromatic carbocycles. The topological polar surface area (TPSA) is 21.3 Å². The third-order valence-electron chi connectivity index (χ3n) is 3.12. The van der Waals surface area contributed by atoms with E-state index < -0.39 is 0 Å². The average Bonchev–Trinajstić information content (AvgIpc) is 2.66. The Hall–Kier alpha value is 0.270. The second-order valence-electron chi connectivity index (χ2n) is 4.43. The van der Waals surface area contributed by atoms with E-state index in [0.29, 0.717) is 10.8 Å². The number of thioether (sulfide) groups is 1. The molecule has 1 fully saturated rings. The lowest BCUT2D eigenvalue weighted by molar-refractivity contribution is 0.111. The lowest BCUT2D eigenvalue weighted by Gasteiger charge is -2.34. The van der Waals surface area contributed by atoms with Gasteiger partial charge in [0, 0.05) is 17.4 Å². The van der Waals surface area contributed by atoms with Crippen molar-refractivity contribution in [2.75, 3.05) is 25.5 Å². The van der Waals surface area contributed by atoms with Gasteiger partial charge in [0.25, 0.3) is 0 Å². The summed E-state index contributed by atoms with van der Waals surface area (Å²) in [7, 11) is 0. The first-order valence-electron chi connectivity index (χ1n) is 6.18. The second kappa shape index (κ2) is 6.77. The molecule has 2 nitrogen and oxygen atoms in total. The normalized spacial score (nSPS) is 28.2. The molecule has 0 aromatic rings. The molecular weight excluding hydrogens is 206 g/mol. The molecule has 1 rings (SSSR count). The second-order valence-corrected chi connectivity index (χ2v) is 6.06. The van der Waals surface area contributed by atoms with Gasteiger partial charge in [-0.05, 0) is 45.4 Å². The lowest BCUT2D eigenvalue weighted by atomic mass is 9.96. The molecule has 0 aromatic heterocycles. The van der Waals surface area contributed by atoms with Crippen LogP contribution in [0.1, 0.15) is 40.0 Å². The van der Waals surface area contributed by atoms with Gasteiger partial charge in [-0.1, -0.05) is 6.92 Å². The fourth-order valence-corrected chi connectivity index (χ4v) is 3.48. The van der Waals surface area contributed by atoms with Crippen LogP contribution in [0.5, 0.6) is 0 Å². The van der Waals surface area contributed by atoms with Gasteiger partial charge in [-0.2, -0.15) is 11.8 Å². The van der Waals surface area contributed by atoms with Crippen molar-refractivity contribution < 1.29 is 4.74 Å². The van der Waals surface area contributed by atoms with E-state index >= 15 is 0 Å². The predicted molar refractivity (Wildman–Crippen MR) is 68.7 cm³/mol. The van der Waals surface area contributed by atoms with Crippen LogP contribution in [-0.2, 0) is 4.74 Å². The highest BCUT2D eigenvalue weighted by molar-refractivity contribution is 8.00. The SMILES string of the molecule is CCCNC(COCC)C1(C)CCCS1. The molecular formula is C12H25NOS. The Bertz CT molecular complexity index is 161. The number of rotatable bonds is 7. The molecule has 1 aliphatic heterocycles. The Morgan fingerprint density at radius 2 is 2.27 bits per heavy atom. The van der Waals surface area contributed by atoms with E-state index in [1.165, 1.54) is 25.0 Å². The molecule has 0 bridgehead atoms. The summed E-state index contributed by atoms with van der Waals surface area (Å²) < 4.78 is 5.99. The van der Waals surface area contributed by atoms with Crippen molar-refractivity contribution in [1.82, 2.24) is 5.32 Å². The Kier molecular flexibility index (Phi) is 6.02. The van der Waals surface area contributed by atoms with Crippen LogP contribution in [0, 0.1) is 0 Å². The zero-order valence-electron chi connectivity index (χ0n) is 10.3. The fourth-order valence-electron chi connectivity index (χ4n) is 2.08. The van der Waals surface area contributed by atoms with E-state index in [-0.39, 0.29) is 0 Å². The van der Waals surface area contributed by atoms with Crippen LogP contribution in [0.4, 0.5) is 0 Å². The summed E-state index contributed by atoms with van der Waals surface area (Å²) in [5, 5.41) is 3.64. The largest absolute Gasteiger partial charge is 0.380 e. The summed E-state index contributed by atoms with van der Waals surface area (Å²) >= 11 is 2.11. The molecule has 1 aliphatic rings. The van der Waals surface area contributed by atoms with Gasteiger partial charge >= 0.3 is 0 Å². The predicted octanol–water partition coefficient (Wildman–Crippen LogP) is 2.68. The van der Waals surface area contributed by atoms with Crippen LogP contribution in [0.2, 0.25) is 0 Å². The monoisotopic (exact) mass is 231 g/mol. The number of nitrogens with one attached hydrogen (secondary N) is 1. The van der Waals surface area contributed by atoms with E-state index in [1.807, 2.05) is 0 Å². The summed E-state index contributed by atoms with van der Waals surface area (Å²) in [6.07, 6.45) is 3.88. The minimum absolute atomic E-state index is 0.393. The fraction of sp³-hybridized carbons (Fsp3) is 1.00. The van der Waals surface area contributed by atoms with Gasteiger partial charge in [-0.3, -0.25) is 0 Å². The van der Waals surface area contributed by atoms with Crippen molar-refractivity contribution in [2.24, 2.45) is 0 Å². The van der Waals surface area contributed by atoms with Gasteiger partial charge in [0.2, 0.25) is 0 Å². The van der Waals surface area contributed by atoms with E-state index in [1.54, 1.807) is 0 Å². The maximum Gasteiger partial charge on any atom is 0.0632 e. The summed E-state index contributed by atoms with van der Waals surface area (Å²) in [4.78, 5) is 0. The van der Waals surface area contributed by atoms with Crippen molar-refractivity contribution in [3.05, 3.63) is 0 Å². The molecule has 3 heteroatoms. The smallest absolute Gasteiger partial charge is 0.0632 e. The van der Waals surface area contributed by atoms with Crippen LogP contribution in [-0.4, -0.2) is 36.3 Å². The van der Waals surface area contributed by atoms with Crippen LogP contribution in [0.15, 0.2) is 0 Å². The lowest BCUT2D eigenvalue weighted by Crippen LogP contribution is -2.48. The van der Waals surface area contributed by atoms with Crippen molar-refractivity contribution in [1.29, 1.82) is 0 Å². The average molecular weight is 231 g/mol. The Morgan fingerprint density at radius 1 is 1.47 bits per heavy atom. The molecule has 90 valence electrons. The van der Waals surface area contributed by atoms with E-state index in [0.717, 1.165) is 19.8 Å². The standard InChI is InChI=1S/C12H25NOS/c1-4-8-13-11(10-14-5-2)12(3)7-6-9-15-12/h11,13H,4-10H2,1-3H3. The quantitative estimate of drug-likeness (QED) is 0.728. The van der Waals surface area contributed by atoms with Gasteiger partial charge in [0.05, 0.1) is 6.61 Å². The van der Waals surface area contributed by atoms with Gasteiger partial charge < -0.3 is 10.1 Å². The molecule has 0 spiro atoms. The summed E-state index contributed by atoms with van der Waals surface area (Å²) in [6, 6.07) is 0.518. The van der Waals surface area contributed by atoms with E-state index in [4.69, 9.17) is 4.74 Å². The molecule has 0 aliphatic carbocycles. The maximum absolute atomic E-state index is 5.59. The van der Waals surface area contributed by atoms with E-state index in [9.17, 15) is 0 Å². The minimum atomic E-state index is 0.393. The highest BCUT2D eigenvalue weighted by Gasteiger charge is 2.37. The van der Waals surface area contributed by atoms with Crippen molar-refractivity contribution in [3.8, 4) is 0 Å². The molecule has 2 atom stereocenters. The zero-order valence-corrected chi connectivity index (χ0v) is 11.2. The molecule has 1 heterocycles. The Morgan fingerprint density at radius 3 is 2.80 bits per heavy atom.